The Morgan fingerprint density at radius 2 is 1.62 bits per heavy atom. The van der Waals surface area contributed by atoms with Gasteiger partial charge in [0.1, 0.15) is 0 Å². The second kappa shape index (κ2) is 7.73. The van der Waals surface area contributed by atoms with Gasteiger partial charge in [0.05, 0.1) is 5.56 Å². The summed E-state index contributed by atoms with van der Waals surface area (Å²) in [6.07, 6.45) is 0. The smallest absolute Gasteiger partial charge is 0.335 e. The summed E-state index contributed by atoms with van der Waals surface area (Å²) in [5.41, 5.74) is 5.37. The number of aromatic carboxylic acids is 1. The first-order chi connectivity index (χ1) is 12.4. The minimum absolute atomic E-state index is 0.227. The highest BCUT2D eigenvalue weighted by atomic mass is 35.5. The highest BCUT2D eigenvalue weighted by Crippen LogP contribution is 2.31. The molecule has 4 heteroatoms. The van der Waals surface area contributed by atoms with Gasteiger partial charge in [0.25, 0.3) is 0 Å². The van der Waals surface area contributed by atoms with E-state index in [1.807, 2.05) is 24.3 Å². The molecule has 3 aromatic rings. The predicted octanol–water partition coefficient (Wildman–Crippen LogP) is 5.43. The van der Waals surface area contributed by atoms with Crippen LogP contribution in [0.2, 0.25) is 5.02 Å². The third-order valence-electron chi connectivity index (χ3n) is 4.17. The summed E-state index contributed by atoms with van der Waals surface area (Å²) in [4.78, 5) is 13.3. The molecule has 0 heterocycles. The van der Waals surface area contributed by atoms with Crippen molar-refractivity contribution in [3.63, 3.8) is 0 Å². The molecule has 0 unspecified atom stereocenters. The number of carboxylic acids is 1. The lowest BCUT2D eigenvalue weighted by atomic mass is 9.98. The average Bonchev–Trinajstić information content (AvgIpc) is 2.62. The Balaban J connectivity index is 1.92. The second-order valence-corrected chi connectivity index (χ2v) is 6.92. The van der Waals surface area contributed by atoms with Gasteiger partial charge in [-0.2, -0.15) is 0 Å². The van der Waals surface area contributed by atoms with Gasteiger partial charge in [-0.25, -0.2) is 4.79 Å². The molecule has 1 N–H and O–H groups in total. The van der Waals surface area contributed by atoms with Crippen LogP contribution in [-0.4, -0.2) is 30.1 Å². The van der Waals surface area contributed by atoms with Crippen LogP contribution in [0.5, 0.6) is 0 Å². The van der Waals surface area contributed by atoms with Crippen molar-refractivity contribution < 1.29 is 9.90 Å². The highest BCUT2D eigenvalue weighted by molar-refractivity contribution is 6.33. The third-order valence-corrected chi connectivity index (χ3v) is 4.50. The van der Waals surface area contributed by atoms with Crippen LogP contribution in [-0.2, 0) is 6.54 Å². The summed E-state index contributed by atoms with van der Waals surface area (Å²) in [6, 6.07) is 21.2. The SMILES string of the molecule is CN(C)Cc1cccc(-c2ccc(-c3cc(C(=O)O)ccc3Cl)cc2)c1. The molecule has 0 aromatic heterocycles. The molecule has 0 aliphatic heterocycles. The minimum Gasteiger partial charge on any atom is -0.478 e. The maximum absolute atomic E-state index is 11.2. The van der Waals surface area contributed by atoms with E-state index in [0.717, 1.165) is 28.8 Å². The second-order valence-electron chi connectivity index (χ2n) is 6.52. The number of carbonyl (C=O) groups is 1. The summed E-state index contributed by atoms with van der Waals surface area (Å²) in [7, 11) is 4.10. The number of rotatable bonds is 5. The molecule has 0 fully saturated rings. The molecule has 0 amide bonds. The van der Waals surface area contributed by atoms with Gasteiger partial charge in [0.15, 0.2) is 0 Å². The van der Waals surface area contributed by atoms with Gasteiger partial charge in [0.2, 0.25) is 0 Å². The summed E-state index contributed by atoms with van der Waals surface area (Å²) < 4.78 is 0. The van der Waals surface area contributed by atoms with Crippen LogP contribution < -0.4 is 0 Å². The molecular formula is C22H20ClNO2. The fourth-order valence-electron chi connectivity index (χ4n) is 2.94. The van der Waals surface area contributed by atoms with E-state index in [0.29, 0.717) is 5.02 Å². The standard InChI is InChI=1S/C22H20ClNO2/c1-24(2)14-15-4-3-5-18(12-15)16-6-8-17(9-7-16)20-13-19(22(25)26)10-11-21(20)23/h3-13H,14H2,1-2H3,(H,25,26). The molecule has 0 saturated heterocycles. The van der Waals surface area contributed by atoms with Gasteiger partial charge in [-0.1, -0.05) is 54.1 Å². The average molecular weight is 366 g/mol. The van der Waals surface area contributed by atoms with Crippen molar-refractivity contribution in [2.24, 2.45) is 0 Å². The first-order valence-electron chi connectivity index (χ1n) is 8.31. The number of halogens is 1. The van der Waals surface area contributed by atoms with Crippen molar-refractivity contribution in [3.05, 3.63) is 82.9 Å². The van der Waals surface area contributed by atoms with Gasteiger partial charge >= 0.3 is 5.97 Å². The lowest BCUT2D eigenvalue weighted by molar-refractivity contribution is 0.0697. The molecule has 132 valence electrons. The Morgan fingerprint density at radius 1 is 0.923 bits per heavy atom. The van der Waals surface area contributed by atoms with E-state index in [9.17, 15) is 9.90 Å². The highest BCUT2D eigenvalue weighted by Gasteiger charge is 2.09. The van der Waals surface area contributed by atoms with E-state index in [-0.39, 0.29) is 5.56 Å². The molecule has 0 radical (unpaired) electrons. The fourth-order valence-corrected chi connectivity index (χ4v) is 3.16. The summed E-state index contributed by atoms with van der Waals surface area (Å²) >= 11 is 6.26. The largest absolute Gasteiger partial charge is 0.478 e. The van der Waals surface area contributed by atoms with Gasteiger partial charge in [-0.15, -0.1) is 0 Å². The lowest BCUT2D eigenvalue weighted by Crippen LogP contribution is -2.10. The van der Waals surface area contributed by atoms with Gasteiger partial charge < -0.3 is 10.0 Å². The van der Waals surface area contributed by atoms with Gasteiger partial charge in [0, 0.05) is 17.1 Å². The molecule has 0 atom stereocenters. The first-order valence-corrected chi connectivity index (χ1v) is 8.69. The van der Waals surface area contributed by atoms with Gasteiger partial charge in [-0.3, -0.25) is 0 Å². The van der Waals surface area contributed by atoms with Crippen LogP contribution in [0.4, 0.5) is 0 Å². The van der Waals surface area contributed by atoms with Crippen LogP contribution >= 0.6 is 11.6 Å². The van der Waals surface area contributed by atoms with Crippen LogP contribution in [0.3, 0.4) is 0 Å². The van der Waals surface area contributed by atoms with E-state index >= 15 is 0 Å². The van der Waals surface area contributed by atoms with Crippen LogP contribution in [0.25, 0.3) is 22.3 Å². The Bertz CT molecular complexity index is 933. The zero-order valence-electron chi connectivity index (χ0n) is 14.7. The normalized spacial score (nSPS) is 10.9. The molecule has 0 aliphatic carbocycles. The third kappa shape index (κ3) is 4.13. The zero-order chi connectivity index (χ0) is 18.7. The minimum atomic E-state index is -0.961. The fraction of sp³-hybridized carbons (Fsp3) is 0.136. The molecule has 0 aliphatic rings. The molecule has 3 aromatic carbocycles. The summed E-state index contributed by atoms with van der Waals surface area (Å²) in [6.45, 7) is 0.892. The molecule has 0 saturated carbocycles. The number of hydrogen-bond donors (Lipinski definition) is 1. The van der Waals surface area contributed by atoms with E-state index < -0.39 is 5.97 Å². The Labute approximate surface area is 158 Å². The van der Waals surface area contributed by atoms with Crippen molar-refractivity contribution in [1.82, 2.24) is 4.90 Å². The summed E-state index contributed by atoms with van der Waals surface area (Å²) in [5.74, 6) is -0.961. The van der Waals surface area contributed by atoms with Crippen molar-refractivity contribution >= 4 is 17.6 Å². The lowest BCUT2D eigenvalue weighted by Gasteiger charge is -2.11. The molecule has 3 rings (SSSR count). The number of carboxylic acid groups (broad SMARTS) is 1. The van der Waals surface area contributed by atoms with Crippen LogP contribution in [0, 0.1) is 0 Å². The topological polar surface area (TPSA) is 40.5 Å². The van der Waals surface area contributed by atoms with Crippen LogP contribution in [0.1, 0.15) is 15.9 Å². The van der Waals surface area contributed by atoms with Crippen molar-refractivity contribution in [2.45, 2.75) is 6.54 Å². The molecule has 26 heavy (non-hydrogen) atoms. The summed E-state index contributed by atoms with van der Waals surface area (Å²) in [5, 5.41) is 9.72. The monoisotopic (exact) mass is 365 g/mol. The van der Waals surface area contributed by atoms with E-state index in [2.05, 4.69) is 43.3 Å². The van der Waals surface area contributed by atoms with Crippen molar-refractivity contribution in [1.29, 1.82) is 0 Å². The molecule has 0 bridgehead atoms. The zero-order valence-corrected chi connectivity index (χ0v) is 15.5. The number of hydrogen-bond acceptors (Lipinski definition) is 2. The van der Waals surface area contributed by atoms with Crippen molar-refractivity contribution in [3.8, 4) is 22.3 Å². The van der Waals surface area contributed by atoms with E-state index in [1.54, 1.807) is 12.1 Å². The predicted molar refractivity (Wildman–Crippen MR) is 107 cm³/mol. The quantitative estimate of drug-likeness (QED) is 0.655. The molecule has 3 nitrogen and oxygen atoms in total. The van der Waals surface area contributed by atoms with E-state index in [1.165, 1.54) is 11.6 Å². The molecular weight excluding hydrogens is 346 g/mol. The first kappa shape index (κ1) is 18.2. The van der Waals surface area contributed by atoms with Gasteiger partial charge in [-0.05, 0) is 60.6 Å². The molecule has 0 spiro atoms. The van der Waals surface area contributed by atoms with E-state index in [4.69, 9.17) is 11.6 Å². The maximum atomic E-state index is 11.2. The van der Waals surface area contributed by atoms with Crippen LogP contribution in [0.15, 0.2) is 66.7 Å². The Kier molecular flexibility index (Phi) is 5.40. The maximum Gasteiger partial charge on any atom is 0.335 e. The number of benzene rings is 3. The van der Waals surface area contributed by atoms with Crippen molar-refractivity contribution in [2.75, 3.05) is 14.1 Å². The Hall–Kier alpha value is -2.62. The Morgan fingerprint density at radius 3 is 2.27 bits per heavy atom. The number of nitrogens with zero attached hydrogens (tertiary/aromatic N) is 1.